The summed E-state index contributed by atoms with van der Waals surface area (Å²) in [6.45, 7) is 10.8. The van der Waals surface area contributed by atoms with Crippen LogP contribution in [0.3, 0.4) is 0 Å². The lowest BCUT2D eigenvalue weighted by atomic mass is 10.1. The lowest BCUT2D eigenvalue weighted by molar-refractivity contribution is -0.111. The molecule has 54 heavy (non-hydrogen) atoms. The van der Waals surface area contributed by atoms with Crippen LogP contribution < -0.4 is 11.0 Å². The molecule has 2 aromatic carbocycles. The van der Waals surface area contributed by atoms with Crippen molar-refractivity contribution in [2.24, 2.45) is 7.05 Å². The van der Waals surface area contributed by atoms with Gasteiger partial charge in [0.25, 0.3) is 0 Å². The van der Waals surface area contributed by atoms with Gasteiger partial charge in [-0.3, -0.25) is 9.13 Å². The third-order valence-electron chi connectivity index (χ3n) is 8.89. The van der Waals surface area contributed by atoms with Gasteiger partial charge in [0.15, 0.2) is 0 Å². The number of aromatic nitrogens is 2. The zero-order valence-electron chi connectivity index (χ0n) is 32.6. The molecule has 0 aliphatic heterocycles. The van der Waals surface area contributed by atoms with Crippen molar-refractivity contribution in [2.75, 3.05) is 39.6 Å². The van der Waals surface area contributed by atoms with Crippen molar-refractivity contribution in [1.82, 2.24) is 14.5 Å². The zero-order chi connectivity index (χ0) is 39.3. The Hall–Kier alpha value is -4.17. The Morgan fingerprint density at radius 1 is 0.815 bits per heavy atom. The van der Waals surface area contributed by atoms with Gasteiger partial charge >= 0.3 is 11.8 Å². The van der Waals surface area contributed by atoms with Crippen LogP contribution in [0.25, 0.3) is 11.0 Å². The van der Waals surface area contributed by atoms with Crippen LogP contribution in [0.5, 0.6) is 0 Å². The number of aldehydes is 3. The predicted molar refractivity (Wildman–Crippen MR) is 206 cm³/mol. The third kappa shape index (κ3) is 14.9. The van der Waals surface area contributed by atoms with Crippen molar-refractivity contribution < 1.29 is 42.9 Å². The summed E-state index contributed by atoms with van der Waals surface area (Å²) >= 11 is 0. The van der Waals surface area contributed by atoms with Gasteiger partial charge in [0, 0.05) is 33.1 Å². The van der Waals surface area contributed by atoms with Crippen LogP contribution in [0.15, 0.2) is 47.3 Å². The molecule has 1 amide bonds. The molecular formula is C41H59N3O10. The Kier molecular flexibility index (Phi) is 19.3. The predicted octanol–water partition coefficient (Wildman–Crippen LogP) is 5.45. The number of hydrogen-bond donors (Lipinski definition) is 1. The number of rotatable bonds is 27. The third-order valence-corrected chi connectivity index (χ3v) is 8.89. The first-order valence-electron chi connectivity index (χ1n) is 18.9. The first kappa shape index (κ1) is 44.2. The molecule has 0 aliphatic carbocycles. The summed E-state index contributed by atoms with van der Waals surface area (Å²) in [5.74, 6) is 0. The summed E-state index contributed by atoms with van der Waals surface area (Å²) < 4.78 is 31.6. The Morgan fingerprint density at radius 3 is 2.02 bits per heavy atom. The molecule has 0 aliphatic rings. The number of benzene rings is 2. The maximum absolute atomic E-state index is 13.0. The Bertz CT molecular complexity index is 1640. The molecule has 0 bridgehead atoms. The highest BCUT2D eigenvalue weighted by atomic mass is 16.6. The SMILES string of the molecule is C[C@@H](OCc1ccc(CCCOCCOCCOCCCc2cccc3c2n(C)c(=O)n3C(C=O)CCC=O)cc1)[C@H](CCC=O)NC(=O)OC(C)(C)C. The van der Waals surface area contributed by atoms with Crippen molar-refractivity contribution in [2.45, 2.75) is 109 Å². The number of carbonyl (C=O) groups is 4. The van der Waals surface area contributed by atoms with Crippen molar-refractivity contribution in [3.05, 3.63) is 69.6 Å². The van der Waals surface area contributed by atoms with Crippen LogP contribution in [-0.4, -0.2) is 91.5 Å². The average molecular weight is 754 g/mol. The van der Waals surface area contributed by atoms with Gasteiger partial charge in [-0.1, -0.05) is 36.4 Å². The standard InChI is InChI=1S/C41H59N3O10/c1-31(36(15-8-22-46)42-39(48)54-41(2,3)4)53-30-33-19-17-32(18-20-33)11-9-23-50-25-27-52-28-26-51-24-10-13-34-12-6-16-37-38(34)43(5)40(49)44(37)35(29-47)14-7-21-45/h6,12,16-22,29,31,35-36H,7-11,13-15,23-28,30H2,1-5H3,(H,42,48)/t31-,35?,36+/m1/s1. The summed E-state index contributed by atoms with van der Waals surface area (Å²) in [6, 6.07) is 12.9. The van der Waals surface area contributed by atoms with Crippen LogP contribution in [-0.2, 0) is 64.6 Å². The minimum Gasteiger partial charge on any atom is -0.444 e. The van der Waals surface area contributed by atoms with Crippen molar-refractivity contribution in [3.63, 3.8) is 0 Å². The summed E-state index contributed by atoms with van der Waals surface area (Å²) in [6.07, 6.45) is 6.02. The van der Waals surface area contributed by atoms with Gasteiger partial charge < -0.3 is 43.4 Å². The maximum Gasteiger partial charge on any atom is 0.407 e. The number of fused-ring (bicyclic) bond motifs is 1. The quantitative estimate of drug-likeness (QED) is 0.0786. The summed E-state index contributed by atoms with van der Waals surface area (Å²) in [4.78, 5) is 58.7. The molecule has 13 nitrogen and oxygen atoms in total. The number of nitrogens with zero attached hydrogens (tertiary/aromatic N) is 2. The van der Waals surface area contributed by atoms with Crippen LogP contribution in [0.4, 0.5) is 4.79 Å². The zero-order valence-corrected chi connectivity index (χ0v) is 32.6. The van der Waals surface area contributed by atoms with E-state index >= 15 is 0 Å². The van der Waals surface area contributed by atoms with Crippen LogP contribution in [0.1, 0.15) is 89.0 Å². The van der Waals surface area contributed by atoms with E-state index in [0.29, 0.717) is 77.4 Å². The molecule has 1 unspecified atom stereocenters. The summed E-state index contributed by atoms with van der Waals surface area (Å²) in [5, 5.41) is 2.84. The maximum atomic E-state index is 13.0. The Balaban J connectivity index is 1.25. The molecule has 0 radical (unpaired) electrons. The number of hydrogen-bond acceptors (Lipinski definition) is 10. The molecular weight excluding hydrogens is 694 g/mol. The van der Waals surface area contributed by atoms with Gasteiger partial charge in [-0.05, 0) is 89.0 Å². The summed E-state index contributed by atoms with van der Waals surface area (Å²) in [7, 11) is 1.70. The Labute approximate surface area is 318 Å². The number of imidazole rings is 1. The second kappa shape index (κ2) is 23.6. The summed E-state index contributed by atoms with van der Waals surface area (Å²) in [5.41, 5.74) is 3.83. The Morgan fingerprint density at radius 2 is 1.41 bits per heavy atom. The molecule has 1 heterocycles. The van der Waals surface area contributed by atoms with Crippen molar-refractivity contribution in [1.29, 1.82) is 0 Å². The lowest BCUT2D eigenvalue weighted by Crippen LogP contribution is -2.45. The van der Waals surface area contributed by atoms with E-state index in [4.69, 9.17) is 23.7 Å². The second-order valence-corrected chi connectivity index (χ2v) is 14.3. The molecule has 298 valence electrons. The highest BCUT2D eigenvalue weighted by molar-refractivity contribution is 5.81. The first-order valence-corrected chi connectivity index (χ1v) is 18.9. The fourth-order valence-corrected chi connectivity index (χ4v) is 6.10. The largest absolute Gasteiger partial charge is 0.444 e. The highest BCUT2D eigenvalue weighted by Gasteiger charge is 2.24. The van der Waals surface area contributed by atoms with Crippen LogP contribution in [0.2, 0.25) is 0 Å². The van der Waals surface area contributed by atoms with E-state index in [1.165, 1.54) is 10.1 Å². The monoisotopic (exact) mass is 753 g/mol. The molecule has 13 heteroatoms. The van der Waals surface area contributed by atoms with E-state index in [-0.39, 0.29) is 24.3 Å². The normalized spacial score (nSPS) is 13.4. The van der Waals surface area contributed by atoms with E-state index in [1.54, 1.807) is 32.4 Å². The molecule has 0 spiro atoms. The fourth-order valence-electron chi connectivity index (χ4n) is 6.10. The van der Waals surface area contributed by atoms with E-state index in [1.807, 2.05) is 37.3 Å². The number of aryl methyl sites for hydroxylation is 3. The van der Waals surface area contributed by atoms with Crippen LogP contribution >= 0.6 is 0 Å². The number of carbonyl (C=O) groups excluding carboxylic acids is 4. The number of nitrogens with one attached hydrogen (secondary N) is 1. The van der Waals surface area contributed by atoms with Gasteiger partial charge in [-0.15, -0.1) is 0 Å². The second-order valence-electron chi connectivity index (χ2n) is 14.3. The smallest absolute Gasteiger partial charge is 0.407 e. The van der Waals surface area contributed by atoms with E-state index < -0.39 is 17.7 Å². The lowest BCUT2D eigenvalue weighted by Gasteiger charge is -2.27. The molecule has 0 fully saturated rings. The number of amides is 1. The molecule has 3 aromatic rings. The van der Waals surface area contributed by atoms with Gasteiger partial charge in [-0.2, -0.15) is 0 Å². The minimum atomic E-state index is -0.678. The molecule has 1 aromatic heterocycles. The van der Waals surface area contributed by atoms with Crippen molar-refractivity contribution >= 4 is 36.0 Å². The number of para-hydroxylation sites is 1. The topological polar surface area (TPSA) is 153 Å². The van der Waals surface area contributed by atoms with Gasteiger partial charge in [0.2, 0.25) is 0 Å². The van der Waals surface area contributed by atoms with Gasteiger partial charge in [-0.25, -0.2) is 9.59 Å². The number of ether oxygens (including phenoxy) is 5. The van der Waals surface area contributed by atoms with Gasteiger partial charge in [0.05, 0.1) is 62.3 Å². The van der Waals surface area contributed by atoms with Gasteiger partial charge in [0.1, 0.15) is 24.5 Å². The molecule has 3 rings (SSSR count). The van der Waals surface area contributed by atoms with E-state index in [2.05, 4.69) is 17.4 Å². The molecule has 0 saturated carbocycles. The molecule has 3 atom stereocenters. The average Bonchev–Trinajstić information content (AvgIpc) is 3.40. The minimum absolute atomic E-state index is 0.212. The van der Waals surface area contributed by atoms with E-state index in [0.717, 1.165) is 54.8 Å². The molecule has 0 saturated heterocycles. The fraction of sp³-hybridized carbons (Fsp3) is 0.585. The number of alkyl carbamates (subject to hydrolysis) is 1. The van der Waals surface area contributed by atoms with Crippen LogP contribution in [0, 0.1) is 0 Å². The van der Waals surface area contributed by atoms with E-state index in [9.17, 15) is 24.0 Å². The van der Waals surface area contributed by atoms with Crippen molar-refractivity contribution in [3.8, 4) is 0 Å². The molecule has 1 N–H and O–H groups in total. The highest BCUT2D eigenvalue weighted by Crippen LogP contribution is 2.23. The first-order chi connectivity index (χ1) is 26.0.